The van der Waals surface area contributed by atoms with Crippen LogP contribution in [0.1, 0.15) is 20.8 Å². The zero-order valence-electron chi connectivity index (χ0n) is 13.6. The van der Waals surface area contributed by atoms with Gasteiger partial charge < -0.3 is 11.1 Å². The highest BCUT2D eigenvalue weighted by Gasteiger charge is 2.20. The Balaban J connectivity index is 2.47. The Kier molecular flexibility index (Phi) is 5.15. The third kappa shape index (κ3) is 4.27. The van der Waals surface area contributed by atoms with Gasteiger partial charge in [-0.25, -0.2) is 23.1 Å². The van der Waals surface area contributed by atoms with E-state index in [4.69, 9.17) is 5.73 Å². The zero-order valence-corrected chi connectivity index (χ0v) is 14.4. The van der Waals surface area contributed by atoms with Gasteiger partial charge in [0.25, 0.3) is 0 Å². The summed E-state index contributed by atoms with van der Waals surface area (Å²) in [5.41, 5.74) is 6.92. The van der Waals surface area contributed by atoms with E-state index in [1.54, 1.807) is 26.0 Å². The number of pyridine rings is 2. The molecule has 0 spiro atoms. The van der Waals surface area contributed by atoms with Crippen molar-refractivity contribution in [2.45, 2.75) is 31.7 Å². The Bertz CT molecular complexity index is 865. The van der Waals surface area contributed by atoms with Crippen molar-refractivity contribution in [2.75, 3.05) is 11.1 Å². The molecule has 2 heterocycles. The number of hydrogen-bond acceptors (Lipinski definition) is 6. The monoisotopic (exact) mass is 349 g/mol. The Hall–Kier alpha value is -2.52. The molecule has 0 saturated heterocycles. The lowest BCUT2D eigenvalue weighted by Gasteiger charge is -2.12. The highest BCUT2D eigenvalue weighted by atomic mass is 32.2. The summed E-state index contributed by atoms with van der Waals surface area (Å²) in [7, 11) is -3.77. The Labute approximate surface area is 140 Å². The van der Waals surface area contributed by atoms with E-state index >= 15 is 0 Å². The summed E-state index contributed by atoms with van der Waals surface area (Å²) in [6, 6.07) is 4.48. The van der Waals surface area contributed by atoms with Gasteiger partial charge >= 0.3 is 0 Å². The topological polar surface area (TPSA) is 127 Å². The van der Waals surface area contributed by atoms with Crippen LogP contribution in [0.4, 0.5) is 11.6 Å². The number of rotatable bonds is 5. The van der Waals surface area contributed by atoms with Crippen molar-refractivity contribution >= 4 is 27.6 Å². The van der Waals surface area contributed by atoms with Crippen LogP contribution in [0, 0.1) is 0 Å². The van der Waals surface area contributed by atoms with E-state index in [0.717, 1.165) is 0 Å². The molecule has 0 saturated carbocycles. The molecule has 1 amide bonds. The number of nitrogens with one attached hydrogen (secondary N) is 2. The number of nitrogens with zero attached hydrogens (tertiary/aromatic N) is 2. The van der Waals surface area contributed by atoms with Gasteiger partial charge in [-0.2, -0.15) is 0 Å². The molecule has 24 heavy (non-hydrogen) atoms. The summed E-state index contributed by atoms with van der Waals surface area (Å²) >= 11 is 0. The number of amides is 1. The van der Waals surface area contributed by atoms with Crippen molar-refractivity contribution in [3.8, 4) is 11.1 Å². The number of carbonyl (C=O) groups is 1. The molecule has 0 aliphatic rings. The lowest BCUT2D eigenvalue weighted by atomic mass is 10.1. The van der Waals surface area contributed by atoms with Gasteiger partial charge in [0.2, 0.25) is 15.9 Å². The van der Waals surface area contributed by atoms with Gasteiger partial charge in [0, 0.05) is 30.9 Å². The number of anilines is 2. The second-order valence-corrected chi connectivity index (χ2v) is 7.18. The molecule has 2 rings (SSSR count). The first-order chi connectivity index (χ1) is 11.2. The fourth-order valence-corrected chi connectivity index (χ4v) is 3.42. The van der Waals surface area contributed by atoms with Gasteiger partial charge in [0.05, 0.1) is 0 Å². The van der Waals surface area contributed by atoms with Crippen LogP contribution in [0.25, 0.3) is 11.1 Å². The Morgan fingerprint density at radius 1 is 1.21 bits per heavy atom. The molecule has 0 radical (unpaired) electrons. The first-order valence-corrected chi connectivity index (χ1v) is 8.69. The molecule has 0 aliphatic carbocycles. The SMILES string of the molecule is CC(=O)Nc1cc(-c2cnc(N)c(S(=O)(=O)NC(C)C)c2)ccn1. The highest BCUT2D eigenvalue weighted by molar-refractivity contribution is 7.89. The number of aromatic nitrogens is 2. The largest absolute Gasteiger partial charge is 0.383 e. The second-order valence-electron chi connectivity index (χ2n) is 5.49. The van der Waals surface area contributed by atoms with Crippen molar-refractivity contribution in [2.24, 2.45) is 0 Å². The predicted molar refractivity (Wildman–Crippen MR) is 91.6 cm³/mol. The van der Waals surface area contributed by atoms with E-state index in [0.29, 0.717) is 16.9 Å². The van der Waals surface area contributed by atoms with Crippen LogP contribution in [-0.4, -0.2) is 30.3 Å². The normalized spacial score (nSPS) is 11.5. The molecule has 2 aromatic rings. The maximum Gasteiger partial charge on any atom is 0.244 e. The smallest absolute Gasteiger partial charge is 0.244 e. The molecule has 8 nitrogen and oxygen atoms in total. The summed E-state index contributed by atoms with van der Waals surface area (Å²) < 4.78 is 27.2. The van der Waals surface area contributed by atoms with Crippen LogP contribution < -0.4 is 15.8 Å². The van der Waals surface area contributed by atoms with Gasteiger partial charge in [0.1, 0.15) is 16.5 Å². The van der Waals surface area contributed by atoms with E-state index in [1.165, 1.54) is 25.4 Å². The summed E-state index contributed by atoms with van der Waals surface area (Å²) in [5.74, 6) is 0.0315. The van der Waals surface area contributed by atoms with E-state index in [-0.39, 0.29) is 22.7 Å². The van der Waals surface area contributed by atoms with Crippen molar-refractivity contribution in [3.05, 3.63) is 30.6 Å². The molecule has 9 heteroatoms. The van der Waals surface area contributed by atoms with Gasteiger partial charge in [0.15, 0.2) is 0 Å². The standard InChI is InChI=1S/C15H19N5O3S/c1-9(2)20-24(22,23)13-6-12(8-18-15(13)16)11-4-5-17-14(7-11)19-10(3)21/h4-9,20H,1-3H3,(H2,16,18)(H,17,19,21). The fraction of sp³-hybridized carbons (Fsp3) is 0.267. The third-order valence-corrected chi connectivity index (χ3v) is 4.65. The average Bonchev–Trinajstić information content (AvgIpc) is 2.45. The molecule has 0 unspecified atom stereocenters. The molecule has 0 bridgehead atoms. The summed E-state index contributed by atoms with van der Waals surface area (Å²) in [5, 5.41) is 2.57. The average molecular weight is 349 g/mol. The summed E-state index contributed by atoms with van der Waals surface area (Å²) in [4.78, 5) is 19.0. The quantitative estimate of drug-likeness (QED) is 0.748. The van der Waals surface area contributed by atoms with Crippen LogP contribution >= 0.6 is 0 Å². The van der Waals surface area contributed by atoms with Crippen LogP contribution in [0.3, 0.4) is 0 Å². The number of nitrogens with two attached hydrogens (primary N) is 1. The fourth-order valence-electron chi connectivity index (χ4n) is 2.06. The molecule has 4 N–H and O–H groups in total. The van der Waals surface area contributed by atoms with Crippen LogP contribution in [0.15, 0.2) is 35.5 Å². The number of carbonyl (C=O) groups excluding carboxylic acids is 1. The van der Waals surface area contributed by atoms with E-state index < -0.39 is 10.0 Å². The molecule has 0 aromatic carbocycles. The maximum atomic E-state index is 12.4. The maximum absolute atomic E-state index is 12.4. The third-order valence-electron chi connectivity index (χ3n) is 2.96. The predicted octanol–water partition coefficient (Wildman–Crippen LogP) is 1.37. The van der Waals surface area contributed by atoms with Crippen molar-refractivity contribution in [1.82, 2.24) is 14.7 Å². The molecule has 0 fully saturated rings. The Morgan fingerprint density at radius 3 is 2.54 bits per heavy atom. The molecule has 0 atom stereocenters. The summed E-state index contributed by atoms with van der Waals surface area (Å²) in [6.45, 7) is 4.81. The molecule has 128 valence electrons. The minimum Gasteiger partial charge on any atom is -0.383 e. The molecular formula is C15H19N5O3S. The van der Waals surface area contributed by atoms with E-state index in [2.05, 4.69) is 20.0 Å². The molecule has 2 aromatic heterocycles. The molecular weight excluding hydrogens is 330 g/mol. The van der Waals surface area contributed by atoms with Gasteiger partial charge in [-0.15, -0.1) is 0 Å². The minimum absolute atomic E-state index is 0.0805. The minimum atomic E-state index is -3.77. The van der Waals surface area contributed by atoms with E-state index in [9.17, 15) is 13.2 Å². The number of hydrogen-bond donors (Lipinski definition) is 3. The second kappa shape index (κ2) is 6.93. The van der Waals surface area contributed by atoms with Crippen LogP contribution in [0.5, 0.6) is 0 Å². The van der Waals surface area contributed by atoms with Crippen LogP contribution in [-0.2, 0) is 14.8 Å². The van der Waals surface area contributed by atoms with Crippen molar-refractivity contribution < 1.29 is 13.2 Å². The highest BCUT2D eigenvalue weighted by Crippen LogP contribution is 2.26. The van der Waals surface area contributed by atoms with Crippen LogP contribution in [0.2, 0.25) is 0 Å². The van der Waals surface area contributed by atoms with Gasteiger partial charge in [-0.05, 0) is 37.6 Å². The zero-order chi connectivity index (χ0) is 17.9. The first-order valence-electron chi connectivity index (χ1n) is 7.21. The first kappa shape index (κ1) is 17.8. The molecule has 0 aliphatic heterocycles. The number of nitrogen functional groups attached to an aromatic ring is 1. The Morgan fingerprint density at radius 2 is 1.92 bits per heavy atom. The summed E-state index contributed by atoms with van der Waals surface area (Å²) in [6.07, 6.45) is 2.98. The number of sulfonamides is 1. The van der Waals surface area contributed by atoms with Gasteiger partial charge in [-0.1, -0.05) is 0 Å². The lowest BCUT2D eigenvalue weighted by Crippen LogP contribution is -2.31. The van der Waals surface area contributed by atoms with E-state index in [1.807, 2.05) is 0 Å². The lowest BCUT2D eigenvalue weighted by molar-refractivity contribution is -0.114. The van der Waals surface area contributed by atoms with Crippen molar-refractivity contribution in [1.29, 1.82) is 0 Å². The van der Waals surface area contributed by atoms with Crippen molar-refractivity contribution in [3.63, 3.8) is 0 Å². The van der Waals surface area contributed by atoms with Gasteiger partial charge in [-0.3, -0.25) is 4.79 Å².